The zero-order valence-corrected chi connectivity index (χ0v) is 11.9. The normalized spacial score (nSPS) is 10.5. The molecule has 0 fully saturated rings. The average molecular weight is 292 g/mol. The van der Waals surface area contributed by atoms with E-state index in [4.69, 9.17) is 5.11 Å². The minimum absolute atomic E-state index is 0.200. The van der Waals surface area contributed by atoms with Gasteiger partial charge in [-0.3, -0.25) is 0 Å². The number of thioether (sulfide) groups is 1. The van der Waals surface area contributed by atoms with E-state index in [2.05, 4.69) is 10.3 Å². The van der Waals surface area contributed by atoms with Gasteiger partial charge in [-0.1, -0.05) is 12.1 Å². The molecule has 0 aliphatic carbocycles. The lowest BCUT2D eigenvalue weighted by Crippen LogP contribution is -2.01. The highest BCUT2D eigenvalue weighted by Crippen LogP contribution is 2.15. The maximum absolute atomic E-state index is 12.8. The van der Waals surface area contributed by atoms with E-state index in [-0.39, 0.29) is 12.4 Å². The number of benzene rings is 1. The molecular formula is C15H17FN2OS. The predicted molar refractivity (Wildman–Crippen MR) is 81.2 cm³/mol. The van der Waals surface area contributed by atoms with Gasteiger partial charge in [-0.2, -0.15) is 11.8 Å². The number of aliphatic hydroxyl groups excluding tert-OH is 1. The molecule has 0 atom stereocenters. The van der Waals surface area contributed by atoms with Gasteiger partial charge in [-0.25, -0.2) is 9.37 Å². The molecule has 2 aromatic rings. The minimum atomic E-state index is -0.227. The molecule has 2 rings (SSSR count). The molecule has 0 radical (unpaired) electrons. The summed E-state index contributed by atoms with van der Waals surface area (Å²) >= 11 is 1.68. The first-order valence-electron chi connectivity index (χ1n) is 6.40. The molecule has 0 saturated carbocycles. The van der Waals surface area contributed by atoms with E-state index in [1.165, 1.54) is 17.7 Å². The van der Waals surface area contributed by atoms with Crippen LogP contribution in [0.15, 0.2) is 42.6 Å². The van der Waals surface area contributed by atoms with E-state index in [1.54, 1.807) is 30.1 Å². The van der Waals surface area contributed by atoms with Crippen LogP contribution in [0.1, 0.15) is 11.1 Å². The number of aliphatic hydroxyl groups is 1. The molecule has 3 nitrogen and oxygen atoms in total. The fourth-order valence-electron chi connectivity index (χ4n) is 1.71. The summed E-state index contributed by atoms with van der Waals surface area (Å²) in [6.45, 7) is 0.811. The highest BCUT2D eigenvalue weighted by atomic mass is 32.2. The number of rotatable bonds is 7. The van der Waals surface area contributed by atoms with Crippen molar-refractivity contribution in [2.75, 3.05) is 17.7 Å². The number of anilines is 1. The number of nitrogens with zero attached hydrogens (tertiary/aromatic N) is 1. The summed E-state index contributed by atoms with van der Waals surface area (Å²) in [5.41, 5.74) is 2.17. The lowest BCUT2D eigenvalue weighted by molar-refractivity contribution is 0.322. The van der Waals surface area contributed by atoms with Gasteiger partial charge in [0.05, 0.1) is 6.61 Å². The Morgan fingerprint density at radius 2 is 1.95 bits per heavy atom. The fraction of sp³-hybridized carbons (Fsp3) is 0.267. The van der Waals surface area contributed by atoms with Gasteiger partial charge in [-0.05, 0) is 35.4 Å². The molecular weight excluding hydrogens is 275 g/mol. The zero-order valence-electron chi connectivity index (χ0n) is 11.1. The van der Waals surface area contributed by atoms with Crippen molar-refractivity contribution in [3.63, 3.8) is 0 Å². The summed E-state index contributed by atoms with van der Waals surface area (Å²) in [5, 5.41) is 12.0. The maximum Gasteiger partial charge on any atom is 0.126 e. The fourth-order valence-corrected chi connectivity index (χ4v) is 2.40. The SMILES string of the molecule is OCCSCc1ccnc(NCc2ccc(F)cc2)c1. The smallest absolute Gasteiger partial charge is 0.126 e. The van der Waals surface area contributed by atoms with Gasteiger partial charge < -0.3 is 10.4 Å². The summed E-state index contributed by atoms with van der Waals surface area (Å²) in [5.74, 6) is 2.17. The van der Waals surface area contributed by atoms with Crippen molar-refractivity contribution in [1.82, 2.24) is 4.98 Å². The van der Waals surface area contributed by atoms with Crippen LogP contribution >= 0.6 is 11.8 Å². The lowest BCUT2D eigenvalue weighted by atomic mass is 10.2. The number of hydrogen-bond donors (Lipinski definition) is 2. The second-order valence-electron chi connectivity index (χ2n) is 4.31. The van der Waals surface area contributed by atoms with Crippen molar-refractivity contribution in [3.05, 3.63) is 59.5 Å². The monoisotopic (exact) mass is 292 g/mol. The van der Waals surface area contributed by atoms with Gasteiger partial charge in [-0.15, -0.1) is 0 Å². The number of hydrogen-bond acceptors (Lipinski definition) is 4. The molecule has 5 heteroatoms. The zero-order chi connectivity index (χ0) is 14.2. The van der Waals surface area contributed by atoms with Crippen LogP contribution in [0.25, 0.3) is 0 Å². The Hall–Kier alpha value is -1.59. The molecule has 0 spiro atoms. The van der Waals surface area contributed by atoms with E-state index in [9.17, 15) is 4.39 Å². The molecule has 20 heavy (non-hydrogen) atoms. The van der Waals surface area contributed by atoms with Crippen LogP contribution in [-0.4, -0.2) is 22.5 Å². The third-order valence-corrected chi connectivity index (χ3v) is 3.72. The Bertz CT molecular complexity index is 534. The molecule has 0 aliphatic rings. The summed E-state index contributed by atoms with van der Waals surface area (Å²) in [6, 6.07) is 10.4. The van der Waals surface area contributed by atoms with Gasteiger partial charge in [0.2, 0.25) is 0 Å². The first kappa shape index (κ1) is 14.8. The Morgan fingerprint density at radius 1 is 1.15 bits per heavy atom. The summed E-state index contributed by atoms with van der Waals surface area (Å²) in [4.78, 5) is 4.26. The van der Waals surface area contributed by atoms with Gasteiger partial charge >= 0.3 is 0 Å². The van der Waals surface area contributed by atoms with Crippen molar-refractivity contribution in [3.8, 4) is 0 Å². The molecule has 0 aliphatic heterocycles. The van der Waals surface area contributed by atoms with Crippen molar-refractivity contribution in [1.29, 1.82) is 0 Å². The quantitative estimate of drug-likeness (QED) is 0.770. The maximum atomic E-state index is 12.8. The number of pyridine rings is 1. The second kappa shape index (κ2) is 7.87. The molecule has 0 saturated heterocycles. The van der Waals surface area contributed by atoms with Crippen LogP contribution in [0.2, 0.25) is 0 Å². The van der Waals surface area contributed by atoms with E-state index < -0.39 is 0 Å². The second-order valence-corrected chi connectivity index (χ2v) is 5.41. The van der Waals surface area contributed by atoms with E-state index >= 15 is 0 Å². The lowest BCUT2D eigenvalue weighted by Gasteiger charge is -2.07. The molecule has 106 valence electrons. The number of halogens is 1. The Balaban J connectivity index is 1.89. The van der Waals surface area contributed by atoms with Crippen LogP contribution in [0.3, 0.4) is 0 Å². The van der Waals surface area contributed by atoms with Gasteiger partial charge in [0.15, 0.2) is 0 Å². The average Bonchev–Trinajstić information content (AvgIpc) is 2.47. The van der Waals surface area contributed by atoms with Crippen LogP contribution in [-0.2, 0) is 12.3 Å². The topological polar surface area (TPSA) is 45.2 Å². The molecule has 1 aromatic heterocycles. The third kappa shape index (κ3) is 4.83. The Kier molecular flexibility index (Phi) is 5.83. The molecule has 2 N–H and O–H groups in total. The summed E-state index contributed by atoms with van der Waals surface area (Å²) < 4.78 is 12.8. The number of nitrogens with one attached hydrogen (secondary N) is 1. The Labute approximate surface area is 122 Å². The third-order valence-electron chi connectivity index (χ3n) is 2.72. The predicted octanol–water partition coefficient (Wildman–Crippen LogP) is 3.06. The van der Waals surface area contributed by atoms with Crippen molar-refractivity contribution < 1.29 is 9.50 Å². The molecule has 1 heterocycles. The molecule has 0 amide bonds. The van der Waals surface area contributed by atoms with Gasteiger partial charge in [0.25, 0.3) is 0 Å². The van der Waals surface area contributed by atoms with Crippen LogP contribution in [0.5, 0.6) is 0 Å². The summed E-state index contributed by atoms with van der Waals surface area (Å²) in [7, 11) is 0. The highest BCUT2D eigenvalue weighted by molar-refractivity contribution is 7.98. The van der Waals surface area contributed by atoms with Gasteiger partial charge in [0, 0.05) is 24.2 Å². The molecule has 0 unspecified atom stereocenters. The first-order chi connectivity index (χ1) is 9.78. The highest BCUT2D eigenvalue weighted by Gasteiger charge is 1.99. The van der Waals surface area contributed by atoms with Crippen molar-refractivity contribution >= 4 is 17.6 Å². The first-order valence-corrected chi connectivity index (χ1v) is 7.55. The van der Waals surface area contributed by atoms with Crippen molar-refractivity contribution in [2.45, 2.75) is 12.3 Å². The van der Waals surface area contributed by atoms with E-state index in [1.807, 2.05) is 12.1 Å². The molecule has 1 aromatic carbocycles. The standard InChI is InChI=1S/C15H17FN2OS/c16-14-3-1-12(2-4-14)10-18-15-9-13(5-6-17-15)11-20-8-7-19/h1-6,9,19H,7-8,10-11H2,(H,17,18). The van der Waals surface area contributed by atoms with Crippen LogP contribution in [0.4, 0.5) is 10.2 Å². The largest absolute Gasteiger partial charge is 0.396 e. The minimum Gasteiger partial charge on any atom is -0.396 e. The van der Waals surface area contributed by atoms with Crippen molar-refractivity contribution in [2.24, 2.45) is 0 Å². The van der Waals surface area contributed by atoms with E-state index in [0.29, 0.717) is 6.54 Å². The number of aromatic nitrogens is 1. The van der Waals surface area contributed by atoms with Crippen LogP contribution in [0, 0.1) is 5.82 Å². The van der Waals surface area contributed by atoms with E-state index in [0.717, 1.165) is 22.9 Å². The van der Waals surface area contributed by atoms with Crippen LogP contribution < -0.4 is 5.32 Å². The summed E-state index contributed by atoms with van der Waals surface area (Å²) in [6.07, 6.45) is 1.77. The Morgan fingerprint density at radius 3 is 2.70 bits per heavy atom. The van der Waals surface area contributed by atoms with Gasteiger partial charge in [0.1, 0.15) is 11.6 Å². The molecule has 0 bridgehead atoms.